The molecule has 3 aliphatic rings. The van der Waals surface area contributed by atoms with Crippen LogP contribution in [0, 0.1) is 5.41 Å². The molecule has 14 nitrogen and oxygen atoms in total. The van der Waals surface area contributed by atoms with E-state index in [1.807, 2.05) is 22.8 Å². The van der Waals surface area contributed by atoms with E-state index in [9.17, 15) is 27.9 Å². The highest BCUT2D eigenvalue weighted by Gasteiger charge is 2.60. The number of ether oxygens (including phenoxy) is 1. The number of fused-ring (bicyclic) bond motifs is 4. The van der Waals surface area contributed by atoms with Gasteiger partial charge in [0.25, 0.3) is 15.7 Å². The number of aromatic nitrogens is 5. The first-order chi connectivity index (χ1) is 21.8. The third kappa shape index (κ3) is 4.91. The molecule has 4 aromatic rings. The average molecular weight is 657 g/mol. The number of rotatable bonds is 6. The van der Waals surface area contributed by atoms with Gasteiger partial charge in [-0.2, -0.15) is 8.42 Å². The average Bonchev–Trinajstić information content (AvgIpc) is 3.62. The maximum atomic E-state index is 12.8. The number of hydrogen-bond acceptors (Lipinski definition) is 9. The summed E-state index contributed by atoms with van der Waals surface area (Å²) >= 11 is 0. The van der Waals surface area contributed by atoms with Crippen LogP contribution >= 0.6 is 0 Å². The predicted molar refractivity (Wildman–Crippen MR) is 170 cm³/mol. The monoisotopic (exact) mass is 656 g/mol. The molecule has 1 aromatic carbocycles. The largest absolute Gasteiger partial charge is 0.465 e. The number of methoxy groups -OCH3 is 1. The molecule has 7 rings (SSSR count). The van der Waals surface area contributed by atoms with Gasteiger partial charge in [0.1, 0.15) is 0 Å². The minimum absolute atomic E-state index is 0.0826. The van der Waals surface area contributed by atoms with Crippen molar-refractivity contribution in [2.45, 2.75) is 63.8 Å². The SMILES string of the molecule is CC[C@]12CCCN3CCc4c(n(c5ccccc45)[C@](O)(C(=O)OC)C1)[C@@H]32.Cn1c(=O)c2c(ncn2CCCS(=O)(=O)O)n(C)c1=O. The van der Waals surface area contributed by atoms with Crippen LogP contribution in [-0.4, -0.2) is 78.2 Å². The van der Waals surface area contributed by atoms with Crippen LogP contribution in [0.1, 0.15) is 56.3 Å². The van der Waals surface area contributed by atoms with Gasteiger partial charge in [-0.3, -0.25) is 23.4 Å². The zero-order valence-corrected chi connectivity index (χ0v) is 27.3. The summed E-state index contributed by atoms with van der Waals surface area (Å²) in [6, 6.07) is 8.45. The van der Waals surface area contributed by atoms with E-state index in [1.165, 1.54) is 47.6 Å². The fourth-order valence-electron chi connectivity index (χ4n) is 8.08. The standard InChI is InChI=1S/C21H26N2O3.C10H14N4O5S/c1-3-20-10-6-11-22-12-9-15-14-7-4-5-8-16(14)23(17(15)18(20)22)21(25,13-20)19(24)26-2;1-12-8-7(9(15)13(2)10(12)16)14(6-11-8)4-3-5-20(17,18)19/h4-5,7-8,18,25H,3,6,9-13H2,1-2H3;6H,3-5H2,1-2H3,(H,17,18,19)/t18-,20+,21-;/m1./s1. The predicted octanol–water partition coefficient (Wildman–Crippen LogP) is 1.66. The van der Waals surface area contributed by atoms with Gasteiger partial charge in [-0.25, -0.2) is 14.6 Å². The molecule has 0 spiro atoms. The number of para-hydroxylation sites is 1. The Morgan fingerprint density at radius 1 is 1.15 bits per heavy atom. The molecule has 248 valence electrons. The molecule has 3 aromatic heterocycles. The number of hydrogen-bond donors (Lipinski definition) is 2. The summed E-state index contributed by atoms with van der Waals surface area (Å²) in [5, 5.41) is 12.9. The highest BCUT2D eigenvalue weighted by atomic mass is 32.2. The zero-order chi connectivity index (χ0) is 33.2. The van der Waals surface area contributed by atoms with Crippen molar-refractivity contribution in [3.63, 3.8) is 0 Å². The first-order valence-electron chi connectivity index (χ1n) is 15.5. The van der Waals surface area contributed by atoms with Gasteiger partial charge in [0.05, 0.1) is 30.7 Å². The third-order valence-electron chi connectivity index (χ3n) is 10.2. The molecule has 46 heavy (non-hydrogen) atoms. The quantitative estimate of drug-likeness (QED) is 0.230. The molecule has 1 saturated heterocycles. The second kappa shape index (κ2) is 11.5. The van der Waals surface area contributed by atoms with Gasteiger partial charge in [-0.1, -0.05) is 25.1 Å². The Bertz CT molecular complexity index is 2080. The number of imidazole rings is 1. The molecule has 3 atom stereocenters. The molecule has 6 heterocycles. The van der Waals surface area contributed by atoms with Crippen molar-refractivity contribution in [2.75, 3.05) is 26.0 Å². The third-order valence-corrected chi connectivity index (χ3v) is 11.0. The minimum atomic E-state index is -4.04. The first kappa shape index (κ1) is 32.2. The topological polar surface area (TPSA) is 171 Å². The van der Waals surface area contributed by atoms with E-state index >= 15 is 0 Å². The number of aryl methyl sites for hydroxylation is 2. The normalized spacial score (nSPS) is 24.0. The summed E-state index contributed by atoms with van der Waals surface area (Å²) in [5.41, 5.74) is 1.19. The summed E-state index contributed by atoms with van der Waals surface area (Å²) in [6.07, 6.45) is 6.02. The maximum Gasteiger partial charge on any atom is 0.359 e. The van der Waals surface area contributed by atoms with Crippen LogP contribution in [-0.2, 0) is 52.4 Å². The van der Waals surface area contributed by atoms with Crippen LogP contribution < -0.4 is 11.2 Å². The van der Waals surface area contributed by atoms with Gasteiger partial charge in [0.15, 0.2) is 11.2 Å². The van der Waals surface area contributed by atoms with Crippen molar-refractivity contribution in [1.82, 2.24) is 28.2 Å². The van der Waals surface area contributed by atoms with Crippen molar-refractivity contribution < 1.29 is 27.6 Å². The lowest BCUT2D eigenvalue weighted by Crippen LogP contribution is -2.60. The molecule has 0 amide bonds. The van der Waals surface area contributed by atoms with Crippen LogP contribution in [0.25, 0.3) is 22.1 Å². The lowest BCUT2D eigenvalue weighted by molar-refractivity contribution is -0.194. The van der Waals surface area contributed by atoms with Crippen molar-refractivity contribution in [3.8, 4) is 0 Å². The molecule has 0 aliphatic carbocycles. The summed E-state index contributed by atoms with van der Waals surface area (Å²) in [4.78, 5) is 43.2. The summed E-state index contributed by atoms with van der Waals surface area (Å²) < 4.78 is 40.7. The fourth-order valence-corrected chi connectivity index (χ4v) is 8.58. The van der Waals surface area contributed by atoms with Crippen molar-refractivity contribution >= 4 is 38.2 Å². The van der Waals surface area contributed by atoms with Crippen LogP contribution in [0.4, 0.5) is 0 Å². The van der Waals surface area contributed by atoms with Crippen LogP contribution in [0.5, 0.6) is 0 Å². The number of nitrogens with zero attached hydrogens (tertiary/aromatic N) is 6. The molecule has 0 saturated carbocycles. The molecule has 1 fully saturated rings. The molecular formula is C31H40N6O8S. The lowest BCUT2D eigenvalue weighted by atomic mass is 9.62. The van der Waals surface area contributed by atoms with Crippen molar-refractivity contribution in [3.05, 3.63) is 62.7 Å². The van der Waals surface area contributed by atoms with Crippen molar-refractivity contribution in [1.29, 1.82) is 0 Å². The molecule has 2 N–H and O–H groups in total. The summed E-state index contributed by atoms with van der Waals surface area (Å²) in [5.74, 6) is -0.950. The van der Waals surface area contributed by atoms with E-state index in [0.717, 1.165) is 54.6 Å². The number of aliphatic hydroxyl groups is 1. The van der Waals surface area contributed by atoms with Gasteiger partial charge in [-0.05, 0) is 55.7 Å². The molecule has 0 unspecified atom stereocenters. The fraction of sp³-hybridized carbons (Fsp3) is 0.548. The van der Waals surface area contributed by atoms with Crippen LogP contribution in [0.3, 0.4) is 0 Å². The maximum absolute atomic E-state index is 12.8. The second-order valence-corrected chi connectivity index (χ2v) is 14.2. The Hall–Kier alpha value is -3.79. The van der Waals surface area contributed by atoms with E-state index in [2.05, 4.69) is 22.9 Å². The number of carbonyl (C=O) groups is 1. The first-order valence-corrected chi connectivity index (χ1v) is 17.1. The van der Waals surface area contributed by atoms with Crippen LogP contribution in [0.15, 0.2) is 40.2 Å². The Kier molecular flexibility index (Phi) is 8.02. The molecule has 15 heteroatoms. The number of esters is 1. The highest BCUT2D eigenvalue weighted by Crippen LogP contribution is 2.60. The smallest absolute Gasteiger partial charge is 0.359 e. The number of carbonyl (C=O) groups excluding carboxylic acids is 1. The molecule has 3 aliphatic heterocycles. The van der Waals surface area contributed by atoms with E-state index in [1.54, 1.807) is 0 Å². The Morgan fingerprint density at radius 2 is 1.89 bits per heavy atom. The van der Waals surface area contributed by atoms with Gasteiger partial charge in [0, 0.05) is 44.7 Å². The van der Waals surface area contributed by atoms with Crippen molar-refractivity contribution in [2.24, 2.45) is 19.5 Å². The van der Waals surface area contributed by atoms with Gasteiger partial charge < -0.3 is 19.0 Å². The molecule has 0 radical (unpaired) electrons. The summed E-state index contributed by atoms with van der Waals surface area (Å²) in [6.45, 7) is 4.56. The zero-order valence-electron chi connectivity index (χ0n) is 26.5. The Balaban J connectivity index is 0.000000168. The lowest BCUT2D eigenvalue weighted by Gasteiger charge is -2.57. The molecular weight excluding hydrogens is 616 g/mol. The van der Waals surface area contributed by atoms with E-state index in [0.29, 0.717) is 6.42 Å². The van der Waals surface area contributed by atoms with Gasteiger partial charge in [-0.15, -0.1) is 0 Å². The molecule has 0 bridgehead atoms. The van der Waals surface area contributed by atoms with E-state index in [-0.39, 0.29) is 35.6 Å². The van der Waals surface area contributed by atoms with Crippen LogP contribution in [0.2, 0.25) is 0 Å². The minimum Gasteiger partial charge on any atom is -0.465 e. The Morgan fingerprint density at radius 3 is 2.59 bits per heavy atom. The Labute approximate surface area is 265 Å². The summed E-state index contributed by atoms with van der Waals surface area (Å²) in [7, 11) is 0.196. The highest BCUT2D eigenvalue weighted by molar-refractivity contribution is 7.85. The van der Waals surface area contributed by atoms with E-state index in [4.69, 9.17) is 9.29 Å². The van der Waals surface area contributed by atoms with Gasteiger partial charge >= 0.3 is 11.7 Å². The second-order valence-electron chi connectivity index (χ2n) is 12.7. The van der Waals surface area contributed by atoms with E-state index < -0.39 is 38.8 Å². The number of benzene rings is 1. The number of piperidine rings is 1. The van der Waals surface area contributed by atoms with Gasteiger partial charge in [0.2, 0.25) is 5.72 Å².